The molecule has 14 nitrogen and oxygen atoms in total. The van der Waals surface area contributed by atoms with Crippen LogP contribution < -0.4 is 21.3 Å². The van der Waals surface area contributed by atoms with Crippen molar-refractivity contribution in [3.63, 3.8) is 0 Å². The number of fused-ring (bicyclic) bond motifs is 4. The first kappa shape index (κ1) is 40.5. The van der Waals surface area contributed by atoms with Crippen molar-refractivity contribution in [2.45, 2.75) is 0 Å². The highest BCUT2D eigenvalue weighted by Crippen LogP contribution is 2.54. The number of amides is 8. The molecule has 0 bridgehead atoms. The number of nitriles is 2. The molecular formula is C58H20N6O8S2. The molecule has 74 heavy (non-hydrogen) atoms. The first-order valence-corrected chi connectivity index (χ1v) is 24.6. The predicted octanol–water partition coefficient (Wildman–Crippen LogP) is 10.2. The van der Waals surface area contributed by atoms with Gasteiger partial charge in [0.05, 0.1) is 23.3 Å². The van der Waals surface area contributed by atoms with E-state index in [9.17, 15) is 48.9 Å². The van der Waals surface area contributed by atoms with Crippen molar-refractivity contribution in [2.24, 2.45) is 0 Å². The van der Waals surface area contributed by atoms with E-state index in [0.29, 0.717) is 120 Å². The van der Waals surface area contributed by atoms with Crippen molar-refractivity contribution in [2.75, 3.05) is 0 Å². The van der Waals surface area contributed by atoms with Gasteiger partial charge in [-0.3, -0.25) is 59.6 Å². The molecule has 16 rings (SSSR count). The third-order valence-electron chi connectivity index (χ3n) is 15.3. The lowest BCUT2D eigenvalue weighted by molar-refractivity contribution is 0.0828. The molecule has 8 amide bonds. The van der Waals surface area contributed by atoms with Gasteiger partial charge in [-0.25, -0.2) is 0 Å². The van der Waals surface area contributed by atoms with Gasteiger partial charge in [-0.05, 0) is 116 Å². The second-order valence-electron chi connectivity index (χ2n) is 18.7. The van der Waals surface area contributed by atoms with Crippen molar-refractivity contribution in [3.05, 3.63) is 153 Å². The van der Waals surface area contributed by atoms with Gasteiger partial charge in [-0.1, -0.05) is 24.3 Å². The molecule has 0 aliphatic carbocycles. The molecule has 342 valence electrons. The molecular weight excluding hydrogens is 973 g/mol. The fourth-order valence-electron chi connectivity index (χ4n) is 12.4. The second-order valence-corrected chi connectivity index (χ2v) is 20.9. The number of hydrogen-bond acceptors (Lipinski definition) is 12. The summed E-state index contributed by atoms with van der Waals surface area (Å²) < 4.78 is 0. The SMILES string of the molecule is N#Cc1cc2c3c(cc(-c4ccc(-c5ccc(-c6cc7c8c(cc(C#N)c9c%10ccc%11c%12c(ccc(c6c89)c%12%10)C(=O)NC%11=O)C(=O)NC7=O)s5)s4)c4c5ccc6c7c(ccc(c1c34)c75)C(=O)NC6=O)C(=O)NC2=O. The molecule has 0 unspecified atom stereocenters. The van der Waals surface area contributed by atoms with E-state index in [-0.39, 0.29) is 33.4 Å². The summed E-state index contributed by atoms with van der Waals surface area (Å²) in [7, 11) is 0. The van der Waals surface area contributed by atoms with Gasteiger partial charge in [0, 0.05) is 118 Å². The monoisotopic (exact) mass is 992 g/mol. The van der Waals surface area contributed by atoms with Gasteiger partial charge in [0.1, 0.15) is 0 Å². The molecule has 16 heteroatoms. The summed E-state index contributed by atoms with van der Waals surface area (Å²) in [4.78, 5) is 111. The number of imide groups is 4. The Kier molecular flexibility index (Phi) is 7.31. The minimum atomic E-state index is -0.636. The molecule has 6 heterocycles. The van der Waals surface area contributed by atoms with E-state index in [1.165, 1.54) is 34.8 Å². The summed E-state index contributed by atoms with van der Waals surface area (Å²) in [6.07, 6.45) is 0. The first-order chi connectivity index (χ1) is 35.9. The van der Waals surface area contributed by atoms with Gasteiger partial charge in [0.25, 0.3) is 47.3 Å². The maximum absolute atomic E-state index is 13.9. The number of carbonyl (C=O) groups excluding carboxylic acids is 8. The number of thiophene rings is 2. The topological polar surface area (TPSA) is 232 Å². The first-order valence-electron chi connectivity index (χ1n) is 22.9. The minimum absolute atomic E-state index is 0.172. The van der Waals surface area contributed by atoms with E-state index in [1.54, 1.807) is 60.7 Å². The Morgan fingerprint density at radius 3 is 0.892 bits per heavy atom. The Labute approximate surface area is 419 Å². The van der Waals surface area contributed by atoms with Gasteiger partial charge in [-0.2, -0.15) is 10.5 Å². The smallest absolute Gasteiger partial charge is 0.258 e. The van der Waals surface area contributed by atoms with Crippen molar-refractivity contribution in [1.82, 2.24) is 21.3 Å². The van der Waals surface area contributed by atoms with E-state index in [0.717, 1.165) is 19.5 Å². The highest BCUT2D eigenvalue weighted by Gasteiger charge is 2.36. The van der Waals surface area contributed by atoms with Crippen LogP contribution in [0.15, 0.2) is 97.1 Å². The third-order valence-corrected chi connectivity index (χ3v) is 17.7. The molecule has 0 spiro atoms. The van der Waals surface area contributed by atoms with E-state index in [4.69, 9.17) is 0 Å². The molecule has 4 aliphatic rings. The van der Waals surface area contributed by atoms with Gasteiger partial charge in [0.2, 0.25) is 0 Å². The van der Waals surface area contributed by atoms with Crippen LogP contribution in [0.2, 0.25) is 0 Å². The predicted molar refractivity (Wildman–Crippen MR) is 278 cm³/mol. The fourth-order valence-corrected chi connectivity index (χ4v) is 14.6. The van der Waals surface area contributed by atoms with Crippen LogP contribution in [-0.4, -0.2) is 47.3 Å². The molecule has 12 aromatic rings. The quantitative estimate of drug-likeness (QED) is 0.0743. The van der Waals surface area contributed by atoms with Crippen molar-refractivity contribution >= 4 is 156 Å². The van der Waals surface area contributed by atoms with Crippen LogP contribution in [0.25, 0.3) is 117 Å². The molecule has 4 aliphatic heterocycles. The number of nitrogens with zero attached hydrogens (tertiary/aromatic N) is 2. The average molecular weight is 993 g/mol. The van der Waals surface area contributed by atoms with E-state index >= 15 is 0 Å². The van der Waals surface area contributed by atoms with Crippen LogP contribution in [0.4, 0.5) is 0 Å². The average Bonchev–Trinajstić information content (AvgIpc) is 4.13. The van der Waals surface area contributed by atoms with E-state index in [1.807, 2.05) is 24.3 Å². The summed E-state index contributed by atoms with van der Waals surface area (Å²) in [5.74, 6) is -4.69. The van der Waals surface area contributed by atoms with Gasteiger partial charge in [-0.15, -0.1) is 22.7 Å². The fraction of sp³-hybridized carbons (Fsp3) is 0. The van der Waals surface area contributed by atoms with Crippen LogP contribution in [0.3, 0.4) is 0 Å². The largest absolute Gasteiger partial charge is 0.288 e. The number of carbonyl (C=O) groups is 8. The standard InChI is InChI=1S/C58H20N6O8S2/c59-17-19-13-31-47-33(57(71)63-55(31)69)15-29(43-23-3-7-27-45-25(51(65)61-53(27)67)5-1-21(41(23)45)39(19)49(43)47)35-9-11-37(73-35)38-12-10-36(74-38)30-16-34-48-32(56(70)64-58(34)72)14-20(18-60)40-22-2-6-26-46-28(54(68)62-52(26)66)8-4-24(42(22)46)44(30)50(40)48/h1-16H,(H,61,65,67)(H,62,66,68)(H,63,69,71)(H,64,70,72). The van der Waals surface area contributed by atoms with Crippen LogP contribution in [0.1, 0.15) is 94.0 Å². The molecule has 10 aromatic carbocycles. The van der Waals surface area contributed by atoms with Crippen LogP contribution in [-0.2, 0) is 0 Å². The van der Waals surface area contributed by atoms with Crippen LogP contribution >= 0.6 is 22.7 Å². The zero-order valence-corrected chi connectivity index (χ0v) is 38.8. The summed E-state index contributed by atoms with van der Waals surface area (Å²) in [5, 5.41) is 39.8. The molecule has 0 saturated carbocycles. The maximum Gasteiger partial charge on any atom is 0.258 e. The Morgan fingerprint density at radius 2 is 0.554 bits per heavy atom. The Bertz CT molecular complexity index is 4750. The van der Waals surface area contributed by atoms with Gasteiger partial charge >= 0.3 is 0 Å². The normalized spacial score (nSPS) is 14.8. The zero-order chi connectivity index (χ0) is 50.1. The lowest BCUT2D eigenvalue weighted by atomic mass is 9.79. The number of benzene rings is 10. The lowest BCUT2D eigenvalue weighted by Gasteiger charge is -2.25. The molecule has 0 fully saturated rings. The van der Waals surface area contributed by atoms with Crippen molar-refractivity contribution in [3.8, 4) is 42.8 Å². The van der Waals surface area contributed by atoms with Gasteiger partial charge < -0.3 is 0 Å². The summed E-state index contributed by atoms with van der Waals surface area (Å²) >= 11 is 2.87. The molecule has 2 aromatic heterocycles. The lowest BCUT2D eigenvalue weighted by Crippen LogP contribution is -2.35. The number of hydrogen-bond donors (Lipinski definition) is 4. The summed E-state index contributed by atoms with van der Waals surface area (Å²) in [5.41, 5.74) is 3.60. The molecule has 0 saturated heterocycles. The molecule has 0 atom stereocenters. The van der Waals surface area contributed by atoms with Crippen molar-refractivity contribution < 1.29 is 38.4 Å². The maximum atomic E-state index is 13.9. The van der Waals surface area contributed by atoms with E-state index in [2.05, 4.69) is 33.4 Å². The molecule has 4 N–H and O–H groups in total. The Morgan fingerprint density at radius 1 is 0.270 bits per heavy atom. The van der Waals surface area contributed by atoms with Crippen LogP contribution in [0.5, 0.6) is 0 Å². The minimum Gasteiger partial charge on any atom is -0.288 e. The summed E-state index contributed by atoms with van der Waals surface area (Å²) in [6.45, 7) is 0. The van der Waals surface area contributed by atoms with Crippen LogP contribution in [0, 0.1) is 22.7 Å². The van der Waals surface area contributed by atoms with Gasteiger partial charge in [0.15, 0.2) is 0 Å². The number of rotatable bonds is 3. The highest BCUT2D eigenvalue weighted by molar-refractivity contribution is 7.25. The van der Waals surface area contributed by atoms with Crippen molar-refractivity contribution in [1.29, 1.82) is 10.5 Å². The summed E-state index contributed by atoms with van der Waals surface area (Å²) in [6, 6.07) is 32.5. The third kappa shape index (κ3) is 4.72. The highest BCUT2D eigenvalue weighted by atomic mass is 32.1. The Balaban J connectivity index is 0.958. The second kappa shape index (κ2) is 13.4. The molecule has 0 radical (unpaired) electrons. The number of nitrogens with one attached hydrogen (secondary N) is 4. The Hall–Kier alpha value is -10.3. The zero-order valence-electron chi connectivity index (χ0n) is 37.2. The van der Waals surface area contributed by atoms with E-state index < -0.39 is 47.3 Å².